The van der Waals surface area contributed by atoms with Crippen LogP contribution in [0.2, 0.25) is 0 Å². The molecule has 0 aliphatic carbocycles. The maximum Gasteiger partial charge on any atom is 0.160 e. The molecule has 84 valence electrons. The summed E-state index contributed by atoms with van der Waals surface area (Å²) in [7, 11) is 0. The fourth-order valence-electron chi connectivity index (χ4n) is 1.17. The van der Waals surface area contributed by atoms with Crippen molar-refractivity contribution in [3.05, 3.63) is 28.5 Å². The first-order valence-corrected chi connectivity index (χ1v) is 5.59. The smallest absolute Gasteiger partial charge is 0.160 e. The average Bonchev–Trinajstić information content (AvgIpc) is 2.73. The summed E-state index contributed by atoms with van der Waals surface area (Å²) in [6, 6.07) is 0. The van der Waals surface area contributed by atoms with Gasteiger partial charge in [-0.15, -0.1) is 11.3 Å². The maximum atomic E-state index is 5.24. The van der Waals surface area contributed by atoms with Gasteiger partial charge in [-0.2, -0.15) is 0 Å². The molecule has 0 atom stereocenters. The number of nitrogen functional groups attached to an aromatic ring is 1. The van der Waals surface area contributed by atoms with Crippen molar-refractivity contribution in [1.82, 2.24) is 15.0 Å². The standard InChI is InChI=1S/C9H12N6S/c1-6-5-16-9(13-6)4-12-7-2-11-3-8(14-7)15-10/h2-3,5H,4,10H2,1H3,(H2,12,14,15). The van der Waals surface area contributed by atoms with Crippen LogP contribution in [-0.4, -0.2) is 15.0 Å². The van der Waals surface area contributed by atoms with E-state index in [2.05, 4.69) is 25.7 Å². The molecule has 0 amide bonds. The molecule has 0 aromatic carbocycles. The van der Waals surface area contributed by atoms with Gasteiger partial charge < -0.3 is 10.7 Å². The molecule has 6 nitrogen and oxygen atoms in total. The highest BCUT2D eigenvalue weighted by Crippen LogP contribution is 2.11. The van der Waals surface area contributed by atoms with Gasteiger partial charge in [0.1, 0.15) is 10.8 Å². The van der Waals surface area contributed by atoms with E-state index < -0.39 is 0 Å². The van der Waals surface area contributed by atoms with Gasteiger partial charge in [0.15, 0.2) is 5.82 Å². The van der Waals surface area contributed by atoms with Gasteiger partial charge >= 0.3 is 0 Å². The molecule has 0 saturated heterocycles. The van der Waals surface area contributed by atoms with Crippen LogP contribution in [0.3, 0.4) is 0 Å². The van der Waals surface area contributed by atoms with Crippen molar-refractivity contribution >= 4 is 23.0 Å². The minimum absolute atomic E-state index is 0.528. The van der Waals surface area contributed by atoms with E-state index in [1.165, 1.54) is 0 Å². The fourth-order valence-corrected chi connectivity index (χ4v) is 1.88. The van der Waals surface area contributed by atoms with Gasteiger partial charge in [0, 0.05) is 11.1 Å². The van der Waals surface area contributed by atoms with Crippen LogP contribution >= 0.6 is 11.3 Å². The first-order chi connectivity index (χ1) is 7.78. The van der Waals surface area contributed by atoms with E-state index >= 15 is 0 Å². The van der Waals surface area contributed by atoms with Crippen molar-refractivity contribution in [2.24, 2.45) is 5.84 Å². The molecular weight excluding hydrogens is 224 g/mol. The van der Waals surface area contributed by atoms with Crippen molar-refractivity contribution in [2.45, 2.75) is 13.5 Å². The minimum Gasteiger partial charge on any atom is -0.362 e. The lowest BCUT2D eigenvalue weighted by Crippen LogP contribution is -2.10. The lowest BCUT2D eigenvalue weighted by atomic mass is 10.5. The van der Waals surface area contributed by atoms with Crippen LogP contribution in [-0.2, 0) is 6.54 Å². The van der Waals surface area contributed by atoms with E-state index in [1.54, 1.807) is 23.7 Å². The molecular formula is C9H12N6S. The highest BCUT2D eigenvalue weighted by molar-refractivity contribution is 7.09. The molecule has 0 aliphatic rings. The van der Waals surface area contributed by atoms with Crippen LogP contribution in [0.1, 0.15) is 10.7 Å². The number of nitrogens with one attached hydrogen (secondary N) is 2. The molecule has 0 radical (unpaired) electrons. The van der Waals surface area contributed by atoms with Crippen LogP contribution in [0.15, 0.2) is 17.8 Å². The number of hydrazine groups is 1. The molecule has 7 heteroatoms. The Balaban J connectivity index is 1.99. The number of thiazole rings is 1. The number of anilines is 2. The summed E-state index contributed by atoms with van der Waals surface area (Å²) in [5.74, 6) is 6.44. The minimum atomic E-state index is 0.528. The maximum absolute atomic E-state index is 5.24. The summed E-state index contributed by atoms with van der Waals surface area (Å²) < 4.78 is 0. The fraction of sp³-hybridized carbons (Fsp3) is 0.222. The lowest BCUT2D eigenvalue weighted by molar-refractivity contribution is 1.04. The zero-order valence-corrected chi connectivity index (χ0v) is 9.58. The second-order valence-corrected chi connectivity index (χ2v) is 4.11. The predicted molar refractivity (Wildman–Crippen MR) is 64.0 cm³/mol. The number of rotatable bonds is 4. The van der Waals surface area contributed by atoms with E-state index in [0.29, 0.717) is 18.2 Å². The van der Waals surface area contributed by atoms with Crippen molar-refractivity contribution < 1.29 is 0 Å². The third-order valence-corrected chi connectivity index (χ3v) is 2.84. The Morgan fingerprint density at radius 2 is 2.12 bits per heavy atom. The molecule has 16 heavy (non-hydrogen) atoms. The van der Waals surface area contributed by atoms with Crippen molar-refractivity contribution in [3.8, 4) is 0 Å². The number of nitrogens with zero attached hydrogens (tertiary/aromatic N) is 3. The molecule has 2 rings (SSSR count). The largest absolute Gasteiger partial charge is 0.362 e. The van der Waals surface area contributed by atoms with Crippen LogP contribution in [0, 0.1) is 6.92 Å². The molecule has 2 aromatic rings. The third-order valence-electron chi connectivity index (χ3n) is 1.87. The normalized spacial score (nSPS) is 10.1. The highest BCUT2D eigenvalue weighted by atomic mass is 32.1. The molecule has 0 bridgehead atoms. The summed E-state index contributed by atoms with van der Waals surface area (Å²) in [5.41, 5.74) is 3.48. The SMILES string of the molecule is Cc1csc(CNc2cncc(NN)n2)n1. The summed E-state index contributed by atoms with van der Waals surface area (Å²) in [6.45, 7) is 2.61. The zero-order valence-electron chi connectivity index (χ0n) is 8.77. The Morgan fingerprint density at radius 1 is 1.31 bits per heavy atom. The molecule has 0 unspecified atom stereocenters. The van der Waals surface area contributed by atoms with Gasteiger partial charge in [-0.05, 0) is 6.92 Å². The van der Waals surface area contributed by atoms with Gasteiger partial charge in [-0.25, -0.2) is 15.8 Å². The monoisotopic (exact) mass is 236 g/mol. The second-order valence-electron chi connectivity index (χ2n) is 3.17. The molecule has 4 N–H and O–H groups in total. The Hall–Kier alpha value is -1.73. The molecule has 2 heterocycles. The topological polar surface area (TPSA) is 88.8 Å². The van der Waals surface area contributed by atoms with Crippen molar-refractivity contribution in [2.75, 3.05) is 10.7 Å². The highest BCUT2D eigenvalue weighted by Gasteiger charge is 2.00. The van der Waals surface area contributed by atoms with Gasteiger partial charge in [0.05, 0.1) is 18.9 Å². The van der Waals surface area contributed by atoms with Crippen LogP contribution in [0.4, 0.5) is 11.6 Å². The molecule has 0 saturated carbocycles. The first-order valence-electron chi connectivity index (χ1n) is 4.71. The molecule has 0 aliphatic heterocycles. The van der Waals surface area contributed by atoms with Crippen molar-refractivity contribution in [3.63, 3.8) is 0 Å². The number of hydrogen-bond acceptors (Lipinski definition) is 7. The number of nitrogens with two attached hydrogens (primary N) is 1. The quantitative estimate of drug-likeness (QED) is 0.545. The Labute approximate surface area is 96.9 Å². The third kappa shape index (κ3) is 2.65. The average molecular weight is 236 g/mol. The summed E-state index contributed by atoms with van der Waals surface area (Å²) in [4.78, 5) is 12.5. The summed E-state index contributed by atoms with van der Waals surface area (Å²) >= 11 is 1.62. The number of aryl methyl sites for hydroxylation is 1. The van der Waals surface area contributed by atoms with Crippen LogP contribution in [0.5, 0.6) is 0 Å². The Bertz CT molecular complexity index is 469. The summed E-state index contributed by atoms with van der Waals surface area (Å²) in [6.07, 6.45) is 3.19. The van der Waals surface area contributed by atoms with E-state index in [9.17, 15) is 0 Å². The number of aromatic nitrogens is 3. The second kappa shape index (κ2) is 4.86. The summed E-state index contributed by atoms with van der Waals surface area (Å²) in [5, 5.41) is 6.16. The van der Waals surface area contributed by atoms with Gasteiger partial charge in [0.2, 0.25) is 0 Å². The predicted octanol–water partition coefficient (Wildman–Crippen LogP) is 1.14. The van der Waals surface area contributed by atoms with Crippen molar-refractivity contribution in [1.29, 1.82) is 0 Å². The number of hydrogen-bond donors (Lipinski definition) is 3. The van der Waals surface area contributed by atoms with E-state index in [-0.39, 0.29) is 0 Å². The first kappa shape index (κ1) is 10.8. The molecule has 0 spiro atoms. The van der Waals surface area contributed by atoms with Gasteiger partial charge in [0.25, 0.3) is 0 Å². The van der Waals surface area contributed by atoms with Gasteiger partial charge in [-0.1, -0.05) is 0 Å². The zero-order chi connectivity index (χ0) is 11.4. The van der Waals surface area contributed by atoms with Gasteiger partial charge in [-0.3, -0.25) is 4.98 Å². The molecule has 2 aromatic heterocycles. The lowest BCUT2D eigenvalue weighted by Gasteiger charge is -2.04. The van der Waals surface area contributed by atoms with E-state index in [4.69, 9.17) is 5.84 Å². The van der Waals surface area contributed by atoms with E-state index in [1.807, 2.05) is 12.3 Å². The van der Waals surface area contributed by atoms with Crippen LogP contribution < -0.4 is 16.6 Å². The van der Waals surface area contributed by atoms with E-state index in [0.717, 1.165) is 10.7 Å². The Morgan fingerprint density at radius 3 is 2.81 bits per heavy atom. The Kier molecular flexibility index (Phi) is 3.28. The molecule has 0 fully saturated rings. The van der Waals surface area contributed by atoms with Crippen LogP contribution in [0.25, 0.3) is 0 Å².